The standard InChI is InChI=1S/C49H27N3O2/c50-28-30-10-9-15-32(49(30)52-42-17-6-2-12-34(42)38-27-48-40(25-44(38)52)36-14-4-8-19-46(36)54-48)29-20-22-31(23-21-29)51-41-16-5-1-11-33(41)37-26-47-39(24-43(37)51)35-13-3-7-18-45(35)53-47/h1-27H. The van der Waals surface area contributed by atoms with Crippen LogP contribution in [-0.4, -0.2) is 9.13 Å². The van der Waals surface area contributed by atoms with Crippen LogP contribution in [0.3, 0.4) is 0 Å². The van der Waals surface area contributed by atoms with E-state index in [9.17, 15) is 5.26 Å². The first kappa shape index (κ1) is 29.1. The van der Waals surface area contributed by atoms with E-state index < -0.39 is 0 Å². The molecule has 5 nitrogen and oxygen atoms in total. The Morgan fingerprint density at radius 1 is 0.389 bits per heavy atom. The molecular weight excluding hydrogens is 663 g/mol. The van der Waals surface area contributed by atoms with E-state index in [0.29, 0.717) is 5.56 Å². The van der Waals surface area contributed by atoms with Gasteiger partial charge in [0, 0.05) is 54.3 Å². The van der Waals surface area contributed by atoms with Crippen LogP contribution in [0, 0.1) is 11.3 Å². The van der Waals surface area contributed by atoms with Crippen LogP contribution in [0.25, 0.3) is 110 Å². The van der Waals surface area contributed by atoms with Crippen LogP contribution < -0.4 is 0 Å². The Bertz CT molecular complexity index is 3570. The molecule has 0 radical (unpaired) electrons. The van der Waals surface area contributed by atoms with Gasteiger partial charge in [-0.2, -0.15) is 5.26 Å². The molecule has 0 fully saturated rings. The van der Waals surface area contributed by atoms with Gasteiger partial charge < -0.3 is 18.0 Å². The number of nitriles is 1. The molecule has 0 aliphatic carbocycles. The van der Waals surface area contributed by atoms with Crippen molar-refractivity contribution in [1.29, 1.82) is 5.26 Å². The summed E-state index contributed by atoms with van der Waals surface area (Å²) in [4.78, 5) is 0. The topological polar surface area (TPSA) is 59.9 Å². The summed E-state index contributed by atoms with van der Waals surface area (Å²) in [7, 11) is 0. The van der Waals surface area contributed by atoms with Crippen molar-refractivity contribution in [3.8, 4) is 28.6 Å². The molecule has 0 unspecified atom stereocenters. The summed E-state index contributed by atoms with van der Waals surface area (Å²) in [6, 6.07) is 59.5. The number of aromatic nitrogens is 2. The maximum atomic E-state index is 10.6. The fourth-order valence-corrected chi connectivity index (χ4v) is 8.79. The highest BCUT2D eigenvalue weighted by molar-refractivity contribution is 6.18. The smallest absolute Gasteiger partial charge is 0.136 e. The lowest BCUT2D eigenvalue weighted by atomic mass is 9.99. The minimum absolute atomic E-state index is 0.607. The van der Waals surface area contributed by atoms with Gasteiger partial charge in [-0.15, -0.1) is 0 Å². The second-order valence-corrected chi connectivity index (χ2v) is 14.0. The quantitative estimate of drug-likeness (QED) is 0.185. The third-order valence-corrected chi connectivity index (χ3v) is 11.2. The lowest BCUT2D eigenvalue weighted by Crippen LogP contribution is -2.01. The average Bonchev–Trinajstić information content (AvgIpc) is 3.96. The van der Waals surface area contributed by atoms with Crippen LogP contribution in [0.1, 0.15) is 5.56 Å². The normalized spacial score (nSPS) is 12.1. The first-order valence-corrected chi connectivity index (χ1v) is 18.1. The van der Waals surface area contributed by atoms with Crippen LogP contribution in [0.5, 0.6) is 0 Å². The summed E-state index contributed by atoms with van der Waals surface area (Å²) in [6.45, 7) is 0. The number of nitrogens with zero attached hydrogens (tertiary/aromatic N) is 3. The molecule has 0 amide bonds. The van der Waals surface area contributed by atoms with Gasteiger partial charge in [0.25, 0.3) is 0 Å². The molecule has 250 valence electrons. The molecule has 0 saturated carbocycles. The van der Waals surface area contributed by atoms with Crippen LogP contribution in [0.15, 0.2) is 173 Å². The largest absolute Gasteiger partial charge is 0.456 e. The van der Waals surface area contributed by atoms with E-state index in [1.807, 2.05) is 42.5 Å². The van der Waals surface area contributed by atoms with Crippen LogP contribution >= 0.6 is 0 Å². The van der Waals surface area contributed by atoms with Gasteiger partial charge in [0.2, 0.25) is 0 Å². The predicted octanol–water partition coefficient (Wildman–Crippen LogP) is 13.2. The molecule has 0 atom stereocenters. The highest BCUT2D eigenvalue weighted by Crippen LogP contribution is 2.42. The van der Waals surface area contributed by atoms with Crippen molar-refractivity contribution >= 4 is 87.5 Å². The molecule has 0 spiro atoms. The lowest BCUT2D eigenvalue weighted by molar-refractivity contribution is 0.669. The summed E-state index contributed by atoms with van der Waals surface area (Å²) in [5.74, 6) is 0. The Balaban J connectivity index is 1.08. The molecule has 0 bridgehead atoms. The van der Waals surface area contributed by atoms with Crippen molar-refractivity contribution in [2.45, 2.75) is 0 Å². The Kier molecular flexibility index (Phi) is 5.78. The SMILES string of the molecule is N#Cc1cccc(-c2ccc(-n3c4ccccc4c4cc5oc6ccccc6c5cc43)cc2)c1-n1c2ccccc2c2cc3oc4ccccc4c3cc21. The highest BCUT2D eigenvalue weighted by atomic mass is 16.3. The number of fused-ring (bicyclic) bond motifs is 12. The minimum atomic E-state index is 0.607. The molecule has 5 heteroatoms. The first-order valence-electron chi connectivity index (χ1n) is 18.1. The second kappa shape index (κ2) is 10.7. The van der Waals surface area contributed by atoms with Gasteiger partial charge in [-0.1, -0.05) is 97.1 Å². The summed E-state index contributed by atoms with van der Waals surface area (Å²) in [6.07, 6.45) is 0. The zero-order valence-electron chi connectivity index (χ0n) is 28.7. The maximum Gasteiger partial charge on any atom is 0.136 e. The first-order chi connectivity index (χ1) is 26.7. The van der Waals surface area contributed by atoms with Gasteiger partial charge in [-0.25, -0.2) is 0 Å². The number of rotatable bonds is 3. The van der Waals surface area contributed by atoms with E-state index in [1.54, 1.807) is 0 Å². The molecule has 0 aliphatic rings. The molecule has 12 aromatic rings. The van der Waals surface area contributed by atoms with E-state index >= 15 is 0 Å². The maximum absolute atomic E-state index is 10.6. The summed E-state index contributed by atoms with van der Waals surface area (Å²) in [5, 5.41) is 19.5. The minimum Gasteiger partial charge on any atom is -0.456 e. The number of furan rings is 2. The fraction of sp³-hybridized carbons (Fsp3) is 0. The van der Waals surface area contributed by atoms with E-state index in [2.05, 4.69) is 137 Å². The van der Waals surface area contributed by atoms with Gasteiger partial charge in [0.05, 0.1) is 33.3 Å². The van der Waals surface area contributed by atoms with Gasteiger partial charge in [0.1, 0.15) is 28.4 Å². The van der Waals surface area contributed by atoms with Crippen molar-refractivity contribution in [3.63, 3.8) is 0 Å². The molecule has 12 rings (SSSR count). The molecule has 54 heavy (non-hydrogen) atoms. The van der Waals surface area contributed by atoms with Crippen molar-refractivity contribution in [2.24, 2.45) is 0 Å². The summed E-state index contributed by atoms with van der Waals surface area (Å²) < 4.78 is 17.2. The Labute approximate surface area is 307 Å². The average molecular weight is 690 g/mol. The van der Waals surface area contributed by atoms with E-state index in [-0.39, 0.29) is 0 Å². The van der Waals surface area contributed by atoms with Gasteiger partial charge in [-0.3, -0.25) is 0 Å². The van der Waals surface area contributed by atoms with Gasteiger partial charge >= 0.3 is 0 Å². The second-order valence-electron chi connectivity index (χ2n) is 14.0. The molecule has 0 saturated heterocycles. The highest BCUT2D eigenvalue weighted by Gasteiger charge is 2.22. The Morgan fingerprint density at radius 3 is 1.50 bits per heavy atom. The van der Waals surface area contributed by atoms with Crippen molar-refractivity contribution < 1.29 is 8.83 Å². The Morgan fingerprint density at radius 2 is 0.907 bits per heavy atom. The molecule has 0 N–H and O–H groups in total. The third-order valence-electron chi connectivity index (χ3n) is 11.2. The Hall–Kier alpha value is -7.55. The fourth-order valence-electron chi connectivity index (χ4n) is 8.79. The van der Waals surface area contributed by atoms with Crippen LogP contribution in [0.2, 0.25) is 0 Å². The summed E-state index contributed by atoms with van der Waals surface area (Å²) in [5.41, 5.74) is 12.3. The monoisotopic (exact) mass is 689 g/mol. The van der Waals surface area contributed by atoms with Crippen molar-refractivity contribution in [1.82, 2.24) is 9.13 Å². The zero-order valence-corrected chi connectivity index (χ0v) is 28.7. The van der Waals surface area contributed by atoms with E-state index in [1.165, 1.54) is 5.39 Å². The lowest BCUT2D eigenvalue weighted by Gasteiger charge is -2.16. The molecule has 4 heterocycles. The van der Waals surface area contributed by atoms with Crippen molar-refractivity contribution in [2.75, 3.05) is 0 Å². The van der Waals surface area contributed by atoms with Crippen molar-refractivity contribution in [3.05, 3.63) is 169 Å². The van der Waals surface area contributed by atoms with Crippen LogP contribution in [0.4, 0.5) is 0 Å². The molecular formula is C49H27N3O2. The molecule has 0 aliphatic heterocycles. The number of hydrogen-bond donors (Lipinski definition) is 0. The van der Waals surface area contributed by atoms with Gasteiger partial charge in [-0.05, 0) is 72.3 Å². The molecule has 8 aromatic carbocycles. The molecule has 4 aromatic heterocycles. The number of benzene rings is 8. The summed E-state index contributed by atoms with van der Waals surface area (Å²) >= 11 is 0. The van der Waals surface area contributed by atoms with E-state index in [0.717, 1.165) is 105 Å². The number of para-hydroxylation sites is 5. The van der Waals surface area contributed by atoms with Crippen LogP contribution in [-0.2, 0) is 0 Å². The van der Waals surface area contributed by atoms with Gasteiger partial charge in [0.15, 0.2) is 0 Å². The zero-order chi connectivity index (χ0) is 35.5. The number of hydrogen-bond acceptors (Lipinski definition) is 3. The van der Waals surface area contributed by atoms with E-state index in [4.69, 9.17) is 8.83 Å². The predicted molar refractivity (Wildman–Crippen MR) is 220 cm³/mol. The third kappa shape index (κ3) is 3.91.